The molecule has 0 saturated carbocycles. The Morgan fingerprint density at radius 2 is 1.94 bits per heavy atom. The summed E-state index contributed by atoms with van der Waals surface area (Å²) in [6.45, 7) is 1.95. The van der Waals surface area contributed by atoms with E-state index >= 15 is 0 Å². The Labute approximate surface area is 106 Å². The maximum absolute atomic E-state index is 10.7. The van der Waals surface area contributed by atoms with Gasteiger partial charge < -0.3 is 5.11 Å². The van der Waals surface area contributed by atoms with E-state index in [1.54, 1.807) is 0 Å². The van der Waals surface area contributed by atoms with Crippen LogP contribution in [0.25, 0.3) is 11.4 Å². The molecule has 0 bridgehead atoms. The van der Waals surface area contributed by atoms with Crippen LogP contribution in [0.15, 0.2) is 35.1 Å². The molecular formula is C12H9BrN2O2. The van der Waals surface area contributed by atoms with Crippen LogP contribution in [0.5, 0.6) is 0 Å². The quantitative estimate of drug-likeness (QED) is 0.924. The van der Waals surface area contributed by atoms with Gasteiger partial charge in [-0.05, 0) is 30.7 Å². The molecule has 2 aromatic rings. The maximum atomic E-state index is 10.7. The number of rotatable bonds is 2. The van der Waals surface area contributed by atoms with Crippen molar-refractivity contribution in [1.29, 1.82) is 0 Å². The zero-order valence-electron chi connectivity index (χ0n) is 9.01. The molecule has 1 aromatic carbocycles. The molecule has 1 aromatic heterocycles. The van der Waals surface area contributed by atoms with E-state index in [4.69, 9.17) is 5.11 Å². The Bertz CT molecular complexity index is 567. The third kappa shape index (κ3) is 2.50. The van der Waals surface area contributed by atoms with Crippen LogP contribution in [-0.4, -0.2) is 21.0 Å². The highest BCUT2D eigenvalue weighted by Gasteiger charge is 2.08. The van der Waals surface area contributed by atoms with Gasteiger partial charge >= 0.3 is 5.97 Å². The fraction of sp³-hybridized carbons (Fsp3) is 0.0833. The van der Waals surface area contributed by atoms with Gasteiger partial charge in [0.1, 0.15) is 0 Å². The van der Waals surface area contributed by atoms with Gasteiger partial charge in [-0.25, -0.2) is 14.8 Å². The SMILES string of the molecule is Cc1cc(Br)ccc1-c1ncc(C(=O)O)cn1. The van der Waals surface area contributed by atoms with Crippen molar-refractivity contribution in [2.24, 2.45) is 0 Å². The van der Waals surface area contributed by atoms with Crippen LogP contribution in [-0.2, 0) is 0 Å². The van der Waals surface area contributed by atoms with Crippen LogP contribution in [0.2, 0.25) is 0 Å². The van der Waals surface area contributed by atoms with Crippen molar-refractivity contribution in [2.45, 2.75) is 6.92 Å². The number of aromatic carboxylic acids is 1. The summed E-state index contributed by atoms with van der Waals surface area (Å²) in [5.74, 6) is -0.496. The zero-order chi connectivity index (χ0) is 12.4. The molecule has 1 heterocycles. The van der Waals surface area contributed by atoms with Crippen LogP contribution in [0.3, 0.4) is 0 Å². The molecule has 86 valence electrons. The first-order chi connectivity index (χ1) is 8.08. The van der Waals surface area contributed by atoms with Gasteiger partial charge in [-0.15, -0.1) is 0 Å². The third-order valence-electron chi connectivity index (χ3n) is 2.33. The fourth-order valence-electron chi connectivity index (χ4n) is 1.46. The van der Waals surface area contributed by atoms with Gasteiger partial charge in [0, 0.05) is 22.4 Å². The van der Waals surface area contributed by atoms with E-state index in [0.717, 1.165) is 15.6 Å². The van der Waals surface area contributed by atoms with Crippen molar-refractivity contribution in [3.63, 3.8) is 0 Å². The summed E-state index contributed by atoms with van der Waals surface area (Å²) in [4.78, 5) is 18.8. The van der Waals surface area contributed by atoms with Crippen LogP contribution >= 0.6 is 15.9 Å². The van der Waals surface area contributed by atoms with Gasteiger partial charge in [0.15, 0.2) is 5.82 Å². The highest BCUT2D eigenvalue weighted by Crippen LogP contribution is 2.23. The minimum atomic E-state index is -1.02. The predicted octanol–water partition coefficient (Wildman–Crippen LogP) is 2.91. The van der Waals surface area contributed by atoms with Crippen molar-refractivity contribution < 1.29 is 9.90 Å². The number of carboxylic acids is 1. The smallest absolute Gasteiger partial charge is 0.338 e. The molecule has 17 heavy (non-hydrogen) atoms. The van der Waals surface area contributed by atoms with E-state index in [2.05, 4.69) is 25.9 Å². The number of carbonyl (C=O) groups is 1. The summed E-state index contributed by atoms with van der Waals surface area (Å²) in [5, 5.41) is 8.75. The molecule has 2 rings (SSSR count). The number of aryl methyl sites for hydroxylation is 1. The number of hydrogen-bond donors (Lipinski definition) is 1. The first kappa shape index (κ1) is 11.7. The number of benzene rings is 1. The molecule has 0 radical (unpaired) electrons. The van der Waals surface area contributed by atoms with Crippen molar-refractivity contribution in [1.82, 2.24) is 9.97 Å². The zero-order valence-corrected chi connectivity index (χ0v) is 10.6. The largest absolute Gasteiger partial charge is 0.478 e. The number of aromatic nitrogens is 2. The summed E-state index contributed by atoms with van der Waals surface area (Å²) >= 11 is 3.38. The second-order valence-corrected chi connectivity index (χ2v) is 4.48. The van der Waals surface area contributed by atoms with Crippen molar-refractivity contribution in [2.75, 3.05) is 0 Å². The molecule has 0 atom stereocenters. The lowest BCUT2D eigenvalue weighted by Gasteiger charge is -2.04. The number of hydrogen-bond acceptors (Lipinski definition) is 3. The molecule has 0 amide bonds. The molecule has 0 aliphatic rings. The van der Waals surface area contributed by atoms with Crippen LogP contribution in [0.4, 0.5) is 0 Å². The summed E-state index contributed by atoms with van der Waals surface area (Å²) < 4.78 is 0.987. The van der Waals surface area contributed by atoms with E-state index in [1.807, 2.05) is 25.1 Å². The summed E-state index contributed by atoms with van der Waals surface area (Å²) in [6.07, 6.45) is 2.62. The minimum Gasteiger partial charge on any atom is -0.478 e. The van der Waals surface area contributed by atoms with Crippen LogP contribution in [0.1, 0.15) is 15.9 Å². The third-order valence-corrected chi connectivity index (χ3v) is 2.82. The second kappa shape index (κ2) is 4.63. The van der Waals surface area contributed by atoms with E-state index in [0.29, 0.717) is 5.82 Å². The predicted molar refractivity (Wildman–Crippen MR) is 66.9 cm³/mol. The molecule has 0 unspecified atom stereocenters. The number of halogens is 1. The Balaban J connectivity index is 2.43. The monoisotopic (exact) mass is 292 g/mol. The molecule has 0 aliphatic carbocycles. The summed E-state index contributed by atoms with van der Waals surface area (Å²) in [5.41, 5.74) is 2.01. The average Bonchev–Trinajstić information content (AvgIpc) is 2.29. The lowest BCUT2D eigenvalue weighted by Crippen LogP contribution is -2.00. The summed E-state index contributed by atoms with van der Waals surface area (Å²) in [6, 6.07) is 5.76. The Morgan fingerprint density at radius 3 is 2.47 bits per heavy atom. The van der Waals surface area contributed by atoms with Gasteiger partial charge in [-0.3, -0.25) is 0 Å². The molecule has 1 N–H and O–H groups in total. The van der Waals surface area contributed by atoms with Gasteiger partial charge in [-0.1, -0.05) is 15.9 Å². The van der Waals surface area contributed by atoms with E-state index < -0.39 is 5.97 Å². The van der Waals surface area contributed by atoms with Crippen LogP contribution < -0.4 is 0 Å². The second-order valence-electron chi connectivity index (χ2n) is 3.56. The molecule has 0 aliphatic heterocycles. The molecule has 4 nitrogen and oxygen atoms in total. The fourth-order valence-corrected chi connectivity index (χ4v) is 1.93. The lowest BCUT2D eigenvalue weighted by atomic mass is 10.1. The number of nitrogens with zero attached hydrogens (tertiary/aromatic N) is 2. The average molecular weight is 293 g/mol. The Kier molecular flexibility index (Phi) is 3.19. The first-order valence-corrected chi connectivity index (χ1v) is 5.69. The Hall–Kier alpha value is -1.75. The lowest BCUT2D eigenvalue weighted by molar-refractivity contribution is 0.0696. The standard InChI is InChI=1S/C12H9BrN2O2/c1-7-4-9(13)2-3-10(7)11-14-5-8(6-15-11)12(16)17/h2-6H,1H3,(H,16,17). The normalized spacial score (nSPS) is 10.2. The molecular weight excluding hydrogens is 284 g/mol. The van der Waals surface area contributed by atoms with Gasteiger partial charge in [0.05, 0.1) is 5.56 Å². The molecule has 0 saturated heterocycles. The van der Waals surface area contributed by atoms with E-state index in [1.165, 1.54) is 12.4 Å². The van der Waals surface area contributed by atoms with Gasteiger partial charge in [0.2, 0.25) is 0 Å². The minimum absolute atomic E-state index is 0.0866. The van der Waals surface area contributed by atoms with Gasteiger partial charge in [-0.2, -0.15) is 0 Å². The van der Waals surface area contributed by atoms with Gasteiger partial charge in [0.25, 0.3) is 0 Å². The van der Waals surface area contributed by atoms with E-state index in [-0.39, 0.29) is 5.56 Å². The molecule has 0 spiro atoms. The van der Waals surface area contributed by atoms with Crippen LogP contribution in [0, 0.1) is 6.92 Å². The topological polar surface area (TPSA) is 63.1 Å². The highest BCUT2D eigenvalue weighted by molar-refractivity contribution is 9.10. The molecule has 5 heteroatoms. The van der Waals surface area contributed by atoms with Crippen molar-refractivity contribution in [3.05, 3.63) is 46.2 Å². The highest BCUT2D eigenvalue weighted by atomic mass is 79.9. The van der Waals surface area contributed by atoms with E-state index in [9.17, 15) is 4.79 Å². The number of carboxylic acid groups (broad SMARTS) is 1. The first-order valence-electron chi connectivity index (χ1n) is 4.90. The van der Waals surface area contributed by atoms with Crippen molar-refractivity contribution in [3.8, 4) is 11.4 Å². The Morgan fingerprint density at radius 1 is 1.29 bits per heavy atom. The molecule has 0 fully saturated rings. The van der Waals surface area contributed by atoms with Crippen molar-refractivity contribution >= 4 is 21.9 Å². The summed E-state index contributed by atoms with van der Waals surface area (Å²) in [7, 11) is 0. The maximum Gasteiger partial charge on any atom is 0.338 e.